The standard InChI is InChI=1S/C23H30N2O3.ClH/c1-18-5-3-6-19(13-18)15-28-21-8-4-7-20(14-21)22(26)25-16-23(17-27-2)9-11-24-12-10-23;/h3-8,13-14,24H,9-12,15-17H2,1-2H3,(H,25,26);1H. The molecule has 1 heterocycles. The van der Waals surface area contributed by atoms with E-state index in [9.17, 15) is 4.79 Å². The van der Waals surface area contributed by atoms with Gasteiger partial charge in [-0.05, 0) is 56.6 Å². The van der Waals surface area contributed by atoms with Crippen molar-refractivity contribution in [3.8, 4) is 5.75 Å². The second-order valence-electron chi connectivity index (χ2n) is 7.67. The predicted molar refractivity (Wildman–Crippen MR) is 118 cm³/mol. The van der Waals surface area contributed by atoms with E-state index in [0.717, 1.165) is 31.5 Å². The van der Waals surface area contributed by atoms with E-state index in [2.05, 4.69) is 29.7 Å². The zero-order valence-corrected chi connectivity index (χ0v) is 18.0. The molecular weight excluding hydrogens is 388 g/mol. The molecule has 0 saturated carbocycles. The van der Waals surface area contributed by atoms with Gasteiger partial charge in [0.15, 0.2) is 0 Å². The van der Waals surface area contributed by atoms with Gasteiger partial charge in [-0.2, -0.15) is 0 Å². The Morgan fingerprint density at radius 2 is 1.90 bits per heavy atom. The number of ether oxygens (including phenoxy) is 2. The van der Waals surface area contributed by atoms with Crippen LogP contribution in [0.2, 0.25) is 0 Å². The molecule has 6 heteroatoms. The van der Waals surface area contributed by atoms with Crippen LogP contribution in [0.15, 0.2) is 48.5 Å². The van der Waals surface area contributed by atoms with Gasteiger partial charge in [-0.1, -0.05) is 35.9 Å². The summed E-state index contributed by atoms with van der Waals surface area (Å²) < 4.78 is 11.3. The number of hydrogen-bond donors (Lipinski definition) is 2. The summed E-state index contributed by atoms with van der Waals surface area (Å²) in [5.74, 6) is 0.623. The smallest absolute Gasteiger partial charge is 0.251 e. The van der Waals surface area contributed by atoms with Crippen LogP contribution in [0, 0.1) is 12.3 Å². The number of nitrogens with one attached hydrogen (secondary N) is 2. The molecule has 0 unspecified atom stereocenters. The van der Waals surface area contributed by atoms with Crippen molar-refractivity contribution >= 4 is 18.3 Å². The number of hydrogen-bond acceptors (Lipinski definition) is 4. The number of methoxy groups -OCH3 is 1. The molecule has 1 amide bonds. The number of carbonyl (C=O) groups excluding carboxylic acids is 1. The van der Waals surface area contributed by atoms with Crippen molar-refractivity contribution in [2.45, 2.75) is 26.4 Å². The number of halogens is 1. The third kappa shape index (κ3) is 6.74. The van der Waals surface area contributed by atoms with E-state index in [-0.39, 0.29) is 23.7 Å². The van der Waals surface area contributed by atoms with Gasteiger partial charge in [-0.15, -0.1) is 12.4 Å². The van der Waals surface area contributed by atoms with Crippen molar-refractivity contribution in [1.29, 1.82) is 0 Å². The molecule has 0 spiro atoms. The first-order valence-corrected chi connectivity index (χ1v) is 9.87. The lowest BCUT2D eigenvalue weighted by Crippen LogP contribution is -2.47. The predicted octanol–water partition coefficient (Wildman–Crippen LogP) is 3.74. The fourth-order valence-corrected chi connectivity index (χ4v) is 3.70. The minimum Gasteiger partial charge on any atom is -0.489 e. The average molecular weight is 419 g/mol. The zero-order valence-electron chi connectivity index (χ0n) is 17.2. The fraction of sp³-hybridized carbons (Fsp3) is 0.435. The third-order valence-corrected chi connectivity index (χ3v) is 5.32. The molecule has 0 bridgehead atoms. The van der Waals surface area contributed by atoms with Gasteiger partial charge in [-0.25, -0.2) is 0 Å². The minimum absolute atomic E-state index is 0. The van der Waals surface area contributed by atoms with Crippen LogP contribution >= 0.6 is 12.4 Å². The number of carbonyl (C=O) groups is 1. The number of piperidine rings is 1. The number of rotatable bonds is 8. The lowest BCUT2D eigenvalue weighted by molar-refractivity contribution is 0.0511. The van der Waals surface area contributed by atoms with E-state index >= 15 is 0 Å². The summed E-state index contributed by atoms with van der Waals surface area (Å²) in [5, 5.41) is 6.47. The quantitative estimate of drug-likeness (QED) is 0.685. The van der Waals surface area contributed by atoms with Crippen LogP contribution in [0.3, 0.4) is 0 Å². The molecule has 1 aliphatic rings. The van der Waals surface area contributed by atoms with Crippen molar-refractivity contribution in [1.82, 2.24) is 10.6 Å². The summed E-state index contributed by atoms with van der Waals surface area (Å²) in [6, 6.07) is 15.6. The highest BCUT2D eigenvalue weighted by molar-refractivity contribution is 5.94. The van der Waals surface area contributed by atoms with Gasteiger partial charge in [0.1, 0.15) is 12.4 Å². The Bertz CT molecular complexity index is 786. The fourth-order valence-electron chi connectivity index (χ4n) is 3.70. The van der Waals surface area contributed by atoms with E-state index in [1.54, 1.807) is 13.2 Å². The van der Waals surface area contributed by atoms with Gasteiger partial charge in [0, 0.05) is 24.6 Å². The van der Waals surface area contributed by atoms with Gasteiger partial charge in [-0.3, -0.25) is 4.79 Å². The Balaban J connectivity index is 0.00000300. The largest absolute Gasteiger partial charge is 0.489 e. The highest BCUT2D eigenvalue weighted by Gasteiger charge is 2.32. The van der Waals surface area contributed by atoms with Crippen molar-refractivity contribution in [2.75, 3.05) is 33.4 Å². The van der Waals surface area contributed by atoms with Crippen LogP contribution in [0.5, 0.6) is 5.75 Å². The summed E-state index contributed by atoms with van der Waals surface area (Å²) in [5.41, 5.74) is 2.94. The topological polar surface area (TPSA) is 59.6 Å². The summed E-state index contributed by atoms with van der Waals surface area (Å²) in [6.07, 6.45) is 2.00. The van der Waals surface area contributed by atoms with Crippen LogP contribution in [-0.4, -0.2) is 39.3 Å². The first-order valence-electron chi connectivity index (χ1n) is 9.87. The zero-order chi connectivity index (χ0) is 19.8. The summed E-state index contributed by atoms with van der Waals surface area (Å²) >= 11 is 0. The van der Waals surface area contributed by atoms with Gasteiger partial charge in [0.05, 0.1) is 6.61 Å². The summed E-state index contributed by atoms with van der Waals surface area (Å²) in [4.78, 5) is 12.7. The molecule has 0 atom stereocenters. The number of aryl methyl sites for hydroxylation is 1. The Morgan fingerprint density at radius 3 is 2.62 bits per heavy atom. The third-order valence-electron chi connectivity index (χ3n) is 5.32. The van der Waals surface area contributed by atoms with E-state index in [1.807, 2.05) is 30.3 Å². The van der Waals surface area contributed by atoms with E-state index in [0.29, 0.717) is 31.1 Å². The molecule has 0 aromatic heterocycles. The van der Waals surface area contributed by atoms with Crippen LogP contribution < -0.4 is 15.4 Å². The Hall–Kier alpha value is -2.08. The molecule has 1 saturated heterocycles. The van der Waals surface area contributed by atoms with Crippen LogP contribution in [0.4, 0.5) is 0 Å². The molecule has 2 aromatic carbocycles. The first kappa shape index (κ1) is 23.2. The normalized spacial score (nSPS) is 15.2. The van der Waals surface area contributed by atoms with Gasteiger partial charge in [0.25, 0.3) is 5.91 Å². The molecule has 0 aliphatic carbocycles. The highest BCUT2D eigenvalue weighted by Crippen LogP contribution is 2.28. The Morgan fingerprint density at radius 1 is 1.14 bits per heavy atom. The molecule has 158 valence electrons. The number of benzene rings is 2. The monoisotopic (exact) mass is 418 g/mol. The molecule has 1 aliphatic heterocycles. The van der Waals surface area contributed by atoms with Crippen molar-refractivity contribution in [2.24, 2.45) is 5.41 Å². The molecule has 29 heavy (non-hydrogen) atoms. The second kappa shape index (κ2) is 11.2. The Kier molecular flexibility index (Phi) is 8.96. The average Bonchev–Trinajstić information content (AvgIpc) is 2.72. The van der Waals surface area contributed by atoms with E-state index in [4.69, 9.17) is 9.47 Å². The van der Waals surface area contributed by atoms with E-state index < -0.39 is 0 Å². The lowest BCUT2D eigenvalue weighted by Gasteiger charge is -2.37. The minimum atomic E-state index is -0.0741. The molecule has 2 N–H and O–H groups in total. The maximum Gasteiger partial charge on any atom is 0.251 e. The Labute approximate surface area is 179 Å². The number of amides is 1. The maximum absolute atomic E-state index is 12.7. The SMILES string of the molecule is COCC1(CNC(=O)c2cccc(OCc3cccc(C)c3)c2)CCNCC1.Cl. The van der Waals surface area contributed by atoms with Crippen molar-refractivity contribution < 1.29 is 14.3 Å². The van der Waals surface area contributed by atoms with Crippen molar-refractivity contribution in [3.05, 3.63) is 65.2 Å². The molecule has 0 radical (unpaired) electrons. The lowest BCUT2D eigenvalue weighted by atomic mass is 9.79. The van der Waals surface area contributed by atoms with Crippen molar-refractivity contribution in [3.63, 3.8) is 0 Å². The molecule has 3 rings (SSSR count). The molecular formula is C23H31ClN2O3. The van der Waals surface area contributed by atoms with Gasteiger partial charge < -0.3 is 20.1 Å². The molecule has 1 fully saturated rings. The first-order chi connectivity index (χ1) is 13.6. The molecule has 5 nitrogen and oxygen atoms in total. The molecule has 2 aromatic rings. The van der Waals surface area contributed by atoms with Gasteiger partial charge in [0.2, 0.25) is 0 Å². The maximum atomic E-state index is 12.7. The van der Waals surface area contributed by atoms with Crippen LogP contribution in [-0.2, 0) is 11.3 Å². The second-order valence-corrected chi connectivity index (χ2v) is 7.67. The van der Waals surface area contributed by atoms with Gasteiger partial charge >= 0.3 is 0 Å². The van der Waals surface area contributed by atoms with Crippen LogP contribution in [0.1, 0.15) is 34.3 Å². The summed E-state index contributed by atoms with van der Waals surface area (Å²) in [7, 11) is 1.72. The van der Waals surface area contributed by atoms with Crippen LogP contribution in [0.25, 0.3) is 0 Å². The highest BCUT2D eigenvalue weighted by atomic mass is 35.5. The van der Waals surface area contributed by atoms with E-state index in [1.165, 1.54) is 5.56 Å². The summed E-state index contributed by atoms with van der Waals surface area (Å²) in [6.45, 7) is 5.75.